The van der Waals surface area contributed by atoms with Gasteiger partial charge in [0.1, 0.15) is 0 Å². The van der Waals surface area contributed by atoms with Crippen LogP contribution in [0.3, 0.4) is 0 Å². The van der Waals surface area contributed by atoms with E-state index in [0.717, 1.165) is 21.7 Å². The zero-order valence-corrected chi connectivity index (χ0v) is 10.4. The van der Waals surface area contributed by atoms with Gasteiger partial charge in [-0.05, 0) is 25.0 Å². The highest BCUT2D eigenvalue weighted by atomic mass is 32.2. The summed E-state index contributed by atoms with van der Waals surface area (Å²) < 4.78 is 0. The molecule has 1 aromatic carbocycles. The molecule has 1 aliphatic heterocycles. The summed E-state index contributed by atoms with van der Waals surface area (Å²) in [5.74, 6) is -1.18. The normalized spacial score (nSPS) is 18.5. The number of carboxylic acid groups (broad SMARTS) is 1. The number of fused-ring (bicyclic) bond motifs is 1. The number of hydrogen-bond acceptors (Lipinski definition) is 3. The van der Waals surface area contributed by atoms with Crippen LogP contribution in [0.5, 0.6) is 0 Å². The van der Waals surface area contributed by atoms with Crippen molar-refractivity contribution in [2.75, 3.05) is 5.32 Å². The molecule has 0 saturated heterocycles. The van der Waals surface area contributed by atoms with Crippen LogP contribution in [0.1, 0.15) is 17.5 Å². The molecule has 90 valence electrons. The molecule has 2 N–H and O–H groups in total. The fourth-order valence-electron chi connectivity index (χ4n) is 1.78. The Balaban J connectivity index is 2.37. The first kappa shape index (κ1) is 12.0. The number of hydrogen-bond donors (Lipinski definition) is 2. The van der Waals surface area contributed by atoms with Crippen LogP contribution in [0, 0.1) is 13.8 Å². The van der Waals surface area contributed by atoms with E-state index in [1.165, 1.54) is 11.8 Å². The third kappa shape index (κ3) is 2.29. The number of aryl methyl sites for hydroxylation is 2. The molecule has 1 aromatic rings. The first-order chi connectivity index (χ1) is 7.99. The number of benzene rings is 1. The predicted molar refractivity (Wildman–Crippen MR) is 66.4 cm³/mol. The first-order valence-corrected chi connectivity index (χ1v) is 6.16. The largest absolute Gasteiger partial charge is 0.481 e. The third-order valence-electron chi connectivity index (χ3n) is 2.72. The van der Waals surface area contributed by atoms with E-state index in [-0.39, 0.29) is 12.3 Å². The van der Waals surface area contributed by atoms with Crippen LogP contribution in [0.15, 0.2) is 17.0 Å². The van der Waals surface area contributed by atoms with Gasteiger partial charge in [0.2, 0.25) is 5.91 Å². The molecular formula is C12H13NO3S. The van der Waals surface area contributed by atoms with Crippen molar-refractivity contribution in [3.8, 4) is 0 Å². The summed E-state index contributed by atoms with van der Waals surface area (Å²) >= 11 is 1.34. The Bertz CT molecular complexity index is 499. The van der Waals surface area contributed by atoms with Gasteiger partial charge in [-0.2, -0.15) is 0 Å². The van der Waals surface area contributed by atoms with Crippen molar-refractivity contribution in [1.82, 2.24) is 0 Å². The second-order valence-electron chi connectivity index (χ2n) is 4.10. The standard InChI is InChI=1S/C12H13NO3S/c1-6-3-4-7(2)11-10(6)13-12(16)8(17-11)5-9(14)15/h3-4,8H,5H2,1-2H3,(H,13,16)(H,14,15). The predicted octanol–water partition coefficient (Wildman–Crippen LogP) is 2.19. The van der Waals surface area contributed by atoms with E-state index in [0.29, 0.717) is 0 Å². The molecule has 0 aliphatic carbocycles. The molecule has 1 aliphatic rings. The Morgan fingerprint density at radius 1 is 1.41 bits per heavy atom. The Morgan fingerprint density at radius 3 is 2.71 bits per heavy atom. The van der Waals surface area contributed by atoms with Gasteiger partial charge in [-0.3, -0.25) is 9.59 Å². The summed E-state index contributed by atoms with van der Waals surface area (Å²) in [6.45, 7) is 3.89. The van der Waals surface area contributed by atoms with E-state index < -0.39 is 11.2 Å². The Morgan fingerprint density at radius 2 is 2.06 bits per heavy atom. The molecule has 4 nitrogen and oxygen atoms in total. The average molecular weight is 251 g/mol. The summed E-state index contributed by atoms with van der Waals surface area (Å²) in [7, 11) is 0. The lowest BCUT2D eigenvalue weighted by atomic mass is 10.1. The smallest absolute Gasteiger partial charge is 0.305 e. The maximum Gasteiger partial charge on any atom is 0.305 e. The summed E-state index contributed by atoms with van der Waals surface area (Å²) in [5.41, 5.74) is 2.88. The molecule has 0 radical (unpaired) electrons. The van der Waals surface area contributed by atoms with E-state index >= 15 is 0 Å². The van der Waals surface area contributed by atoms with Gasteiger partial charge in [0, 0.05) is 4.90 Å². The van der Waals surface area contributed by atoms with Crippen LogP contribution in [-0.2, 0) is 9.59 Å². The van der Waals surface area contributed by atoms with Crippen molar-refractivity contribution < 1.29 is 14.7 Å². The van der Waals surface area contributed by atoms with Crippen molar-refractivity contribution in [2.45, 2.75) is 30.4 Å². The third-order valence-corrected chi connectivity index (χ3v) is 4.15. The fourth-order valence-corrected chi connectivity index (χ4v) is 3.05. The van der Waals surface area contributed by atoms with Crippen LogP contribution < -0.4 is 5.32 Å². The van der Waals surface area contributed by atoms with Crippen LogP contribution in [0.2, 0.25) is 0 Å². The number of carboxylic acids is 1. The second-order valence-corrected chi connectivity index (χ2v) is 5.31. The van der Waals surface area contributed by atoms with E-state index in [9.17, 15) is 9.59 Å². The molecule has 1 atom stereocenters. The van der Waals surface area contributed by atoms with E-state index in [4.69, 9.17) is 5.11 Å². The minimum Gasteiger partial charge on any atom is -0.481 e. The zero-order chi connectivity index (χ0) is 12.6. The quantitative estimate of drug-likeness (QED) is 0.845. The highest BCUT2D eigenvalue weighted by Crippen LogP contribution is 2.40. The van der Waals surface area contributed by atoms with Crippen molar-refractivity contribution in [1.29, 1.82) is 0 Å². The molecule has 17 heavy (non-hydrogen) atoms. The number of carbonyl (C=O) groups excluding carboxylic acids is 1. The number of thioether (sulfide) groups is 1. The number of amides is 1. The van der Waals surface area contributed by atoms with Gasteiger partial charge in [0.15, 0.2) is 0 Å². The number of carbonyl (C=O) groups is 2. The van der Waals surface area contributed by atoms with Gasteiger partial charge in [-0.25, -0.2) is 0 Å². The monoisotopic (exact) mass is 251 g/mol. The minimum absolute atomic E-state index is 0.149. The molecule has 0 fully saturated rings. The molecule has 0 bridgehead atoms. The van der Waals surface area contributed by atoms with Crippen LogP contribution in [0.4, 0.5) is 5.69 Å². The van der Waals surface area contributed by atoms with Gasteiger partial charge in [0.25, 0.3) is 0 Å². The Kier molecular flexibility index (Phi) is 3.11. The van der Waals surface area contributed by atoms with Gasteiger partial charge in [-0.1, -0.05) is 12.1 Å². The summed E-state index contributed by atoms with van der Waals surface area (Å²) in [5, 5.41) is 11.0. The van der Waals surface area contributed by atoms with E-state index in [1.54, 1.807) is 0 Å². The molecule has 0 saturated carbocycles. The Hall–Kier alpha value is -1.49. The Labute approximate surface area is 103 Å². The van der Waals surface area contributed by atoms with Gasteiger partial charge < -0.3 is 10.4 Å². The van der Waals surface area contributed by atoms with Gasteiger partial charge in [0.05, 0.1) is 17.4 Å². The van der Waals surface area contributed by atoms with Crippen LogP contribution >= 0.6 is 11.8 Å². The average Bonchev–Trinajstić information content (AvgIpc) is 2.25. The number of nitrogens with one attached hydrogen (secondary N) is 1. The molecule has 0 aromatic heterocycles. The van der Waals surface area contributed by atoms with Crippen molar-refractivity contribution in [2.24, 2.45) is 0 Å². The van der Waals surface area contributed by atoms with Crippen molar-refractivity contribution in [3.63, 3.8) is 0 Å². The fraction of sp³-hybridized carbons (Fsp3) is 0.333. The van der Waals surface area contributed by atoms with Gasteiger partial charge >= 0.3 is 5.97 Å². The maximum absolute atomic E-state index is 11.8. The molecule has 1 heterocycles. The van der Waals surface area contributed by atoms with Crippen molar-refractivity contribution in [3.05, 3.63) is 23.3 Å². The molecule has 2 rings (SSSR count). The second kappa shape index (κ2) is 4.41. The SMILES string of the molecule is Cc1ccc(C)c2c1NC(=O)C(CC(=O)O)S2. The van der Waals surface area contributed by atoms with Crippen molar-refractivity contribution >= 4 is 29.3 Å². The molecule has 5 heteroatoms. The molecule has 0 spiro atoms. The summed E-state index contributed by atoms with van der Waals surface area (Å²) in [6, 6.07) is 3.93. The summed E-state index contributed by atoms with van der Waals surface area (Å²) in [4.78, 5) is 23.4. The lowest BCUT2D eigenvalue weighted by Gasteiger charge is -2.25. The molecule has 1 amide bonds. The van der Waals surface area contributed by atoms with Crippen LogP contribution in [0.25, 0.3) is 0 Å². The number of rotatable bonds is 2. The van der Waals surface area contributed by atoms with E-state index in [2.05, 4.69) is 5.32 Å². The number of anilines is 1. The molecular weight excluding hydrogens is 238 g/mol. The first-order valence-electron chi connectivity index (χ1n) is 5.28. The highest BCUT2D eigenvalue weighted by molar-refractivity contribution is 8.01. The van der Waals surface area contributed by atoms with E-state index in [1.807, 2.05) is 26.0 Å². The highest BCUT2D eigenvalue weighted by Gasteiger charge is 2.30. The maximum atomic E-state index is 11.8. The topological polar surface area (TPSA) is 66.4 Å². The lowest BCUT2D eigenvalue weighted by Crippen LogP contribution is -2.31. The number of aliphatic carboxylic acids is 1. The van der Waals surface area contributed by atoms with Gasteiger partial charge in [-0.15, -0.1) is 11.8 Å². The zero-order valence-electron chi connectivity index (χ0n) is 9.61. The molecule has 1 unspecified atom stereocenters. The lowest BCUT2D eigenvalue weighted by molar-refractivity contribution is -0.138. The summed E-state index contributed by atoms with van der Waals surface area (Å²) in [6.07, 6.45) is -0.149. The minimum atomic E-state index is -0.952. The van der Waals surface area contributed by atoms with Crippen LogP contribution in [-0.4, -0.2) is 22.2 Å².